The summed E-state index contributed by atoms with van der Waals surface area (Å²) < 4.78 is 5.24. The first-order valence-corrected chi connectivity index (χ1v) is 7.36. The number of rotatable bonds is 6. The molecule has 1 saturated heterocycles. The summed E-state index contributed by atoms with van der Waals surface area (Å²) in [6, 6.07) is 0. The number of ether oxygens (including phenoxy) is 1. The van der Waals surface area contributed by atoms with E-state index in [1.54, 1.807) is 4.90 Å². The molecule has 1 aliphatic heterocycles. The Balaban J connectivity index is 1.83. The van der Waals surface area contributed by atoms with Gasteiger partial charge in [-0.25, -0.2) is 0 Å². The van der Waals surface area contributed by atoms with Gasteiger partial charge in [-0.15, -0.1) is 0 Å². The van der Waals surface area contributed by atoms with Crippen LogP contribution in [0.4, 0.5) is 0 Å². The highest BCUT2D eigenvalue weighted by atomic mass is 16.5. The van der Waals surface area contributed by atoms with Gasteiger partial charge in [0.2, 0.25) is 11.8 Å². The second-order valence-corrected chi connectivity index (χ2v) is 5.45. The zero-order valence-electron chi connectivity index (χ0n) is 11.7. The standard InChI is InChI=1S/C14H24N2O3/c1-2-3-4-7-15-12(17)14(5-6-14)13(18)16-8-10-19-11-9-16/h2-11H2,1H3,(H,15,17). The summed E-state index contributed by atoms with van der Waals surface area (Å²) in [6.07, 6.45) is 4.63. The lowest BCUT2D eigenvalue weighted by Gasteiger charge is -2.30. The van der Waals surface area contributed by atoms with Crippen molar-refractivity contribution in [3.8, 4) is 0 Å². The van der Waals surface area contributed by atoms with Crippen LogP contribution in [0, 0.1) is 5.41 Å². The monoisotopic (exact) mass is 268 g/mol. The average molecular weight is 268 g/mol. The number of amides is 2. The van der Waals surface area contributed by atoms with E-state index in [0.29, 0.717) is 45.7 Å². The van der Waals surface area contributed by atoms with Crippen molar-refractivity contribution in [1.82, 2.24) is 10.2 Å². The minimum absolute atomic E-state index is 0.00351. The molecule has 1 heterocycles. The van der Waals surface area contributed by atoms with Crippen LogP contribution in [0.1, 0.15) is 39.0 Å². The highest BCUT2D eigenvalue weighted by Gasteiger charge is 2.57. The lowest BCUT2D eigenvalue weighted by Crippen LogP contribution is -2.49. The molecule has 0 radical (unpaired) electrons. The quantitative estimate of drug-likeness (QED) is 0.576. The SMILES string of the molecule is CCCCCNC(=O)C1(C(=O)N2CCOCC2)CC1. The van der Waals surface area contributed by atoms with Crippen LogP contribution in [-0.2, 0) is 14.3 Å². The van der Waals surface area contributed by atoms with Gasteiger partial charge in [0, 0.05) is 19.6 Å². The molecule has 0 bridgehead atoms. The molecule has 108 valence electrons. The van der Waals surface area contributed by atoms with Gasteiger partial charge in [0.1, 0.15) is 5.41 Å². The topological polar surface area (TPSA) is 58.6 Å². The van der Waals surface area contributed by atoms with Crippen LogP contribution < -0.4 is 5.32 Å². The Kier molecular flexibility index (Phi) is 4.80. The van der Waals surface area contributed by atoms with Gasteiger partial charge in [0.25, 0.3) is 0 Å². The minimum Gasteiger partial charge on any atom is -0.378 e. The summed E-state index contributed by atoms with van der Waals surface area (Å²) in [7, 11) is 0. The van der Waals surface area contributed by atoms with E-state index in [1.807, 2.05) is 0 Å². The maximum Gasteiger partial charge on any atom is 0.238 e. The zero-order chi connectivity index (χ0) is 13.7. The Hall–Kier alpha value is -1.10. The van der Waals surface area contributed by atoms with Gasteiger partial charge >= 0.3 is 0 Å². The third kappa shape index (κ3) is 3.26. The molecule has 5 nitrogen and oxygen atoms in total. The van der Waals surface area contributed by atoms with Gasteiger partial charge in [-0.1, -0.05) is 19.8 Å². The van der Waals surface area contributed by atoms with E-state index in [1.165, 1.54) is 0 Å². The Bertz CT molecular complexity index is 334. The zero-order valence-corrected chi connectivity index (χ0v) is 11.7. The number of carbonyl (C=O) groups excluding carboxylic acids is 2. The molecule has 0 spiro atoms. The summed E-state index contributed by atoms with van der Waals surface area (Å²) in [5.74, 6) is -0.0658. The lowest BCUT2D eigenvalue weighted by atomic mass is 10.0. The van der Waals surface area contributed by atoms with E-state index in [9.17, 15) is 9.59 Å². The van der Waals surface area contributed by atoms with Crippen LogP contribution in [0.3, 0.4) is 0 Å². The van der Waals surface area contributed by atoms with Crippen molar-refractivity contribution in [1.29, 1.82) is 0 Å². The molecule has 2 rings (SSSR count). The summed E-state index contributed by atoms with van der Waals surface area (Å²) in [6.45, 7) is 5.21. The largest absolute Gasteiger partial charge is 0.378 e. The predicted molar refractivity (Wildman–Crippen MR) is 71.6 cm³/mol. The Morgan fingerprint density at radius 3 is 2.47 bits per heavy atom. The number of unbranched alkanes of at least 4 members (excludes halogenated alkanes) is 2. The van der Waals surface area contributed by atoms with Crippen LogP contribution >= 0.6 is 0 Å². The van der Waals surface area contributed by atoms with Gasteiger partial charge in [-0.05, 0) is 19.3 Å². The fraction of sp³-hybridized carbons (Fsp3) is 0.857. The molecule has 1 saturated carbocycles. The number of morpholine rings is 1. The van der Waals surface area contributed by atoms with E-state index in [4.69, 9.17) is 4.74 Å². The molecule has 5 heteroatoms. The summed E-state index contributed by atoms with van der Waals surface area (Å²) in [4.78, 5) is 26.4. The number of hydrogen-bond donors (Lipinski definition) is 1. The smallest absolute Gasteiger partial charge is 0.238 e. The van der Waals surface area contributed by atoms with Crippen molar-refractivity contribution >= 4 is 11.8 Å². The molecule has 0 aromatic carbocycles. The summed E-state index contributed by atoms with van der Waals surface area (Å²) in [5.41, 5.74) is -0.746. The van der Waals surface area contributed by atoms with E-state index in [2.05, 4.69) is 12.2 Å². The molecule has 0 aromatic rings. The third-order valence-electron chi connectivity index (χ3n) is 3.96. The molecule has 1 aliphatic carbocycles. The van der Waals surface area contributed by atoms with Crippen LogP contribution in [-0.4, -0.2) is 49.6 Å². The first kappa shape index (κ1) is 14.3. The Morgan fingerprint density at radius 1 is 1.21 bits per heavy atom. The first-order chi connectivity index (χ1) is 9.20. The second-order valence-electron chi connectivity index (χ2n) is 5.45. The minimum atomic E-state index is -0.746. The van der Waals surface area contributed by atoms with Crippen molar-refractivity contribution in [2.75, 3.05) is 32.8 Å². The highest BCUT2D eigenvalue weighted by molar-refractivity contribution is 6.07. The number of nitrogens with one attached hydrogen (secondary N) is 1. The van der Waals surface area contributed by atoms with Crippen LogP contribution in [0.25, 0.3) is 0 Å². The Morgan fingerprint density at radius 2 is 1.89 bits per heavy atom. The lowest BCUT2D eigenvalue weighted by molar-refractivity contribution is -0.147. The van der Waals surface area contributed by atoms with Crippen molar-refractivity contribution in [3.63, 3.8) is 0 Å². The van der Waals surface area contributed by atoms with Crippen LogP contribution in [0.15, 0.2) is 0 Å². The maximum absolute atomic E-state index is 12.4. The van der Waals surface area contributed by atoms with E-state index >= 15 is 0 Å². The van der Waals surface area contributed by atoms with Crippen molar-refractivity contribution in [2.24, 2.45) is 5.41 Å². The molecule has 19 heavy (non-hydrogen) atoms. The molecular weight excluding hydrogens is 244 g/mol. The molecule has 0 atom stereocenters. The van der Waals surface area contributed by atoms with Crippen molar-refractivity contribution in [3.05, 3.63) is 0 Å². The van der Waals surface area contributed by atoms with Crippen molar-refractivity contribution < 1.29 is 14.3 Å². The molecule has 0 aromatic heterocycles. The van der Waals surface area contributed by atoms with Crippen molar-refractivity contribution in [2.45, 2.75) is 39.0 Å². The van der Waals surface area contributed by atoms with E-state index in [0.717, 1.165) is 19.3 Å². The number of carbonyl (C=O) groups is 2. The molecule has 2 aliphatic rings. The Labute approximate surface area is 114 Å². The van der Waals surface area contributed by atoms with Gasteiger partial charge in [0.05, 0.1) is 13.2 Å². The number of nitrogens with zero attached hydrogens (tertiary/aromatic N) is 1. The highest BCUT2D eigenvalue weighted by Crippen LogP contribution is 2.47. The summed E-state index contributed by atoms with van der Waals surface area (Å²) in [5, 5.41) is 2.92. The predicted octanol–water partition coefficient (Wildman–Crippen LogP) is 0.932. The molecule has 0 unspecified atom stereocenters. The summed E-state index contributed by atoms with van der Waals surface area (Å²) >= 11 is 0. The normalized spacial score (nSPS) is 21.0. The second kappa shape index (κ2) is 6.37. The van der Waals surface area contributed by atoms with Gasteiger partial charge in [0.15, 0.2) is 0 Å². The fourth-order valence-corrected chi connectivity index (χ4v) is 2.48. The fourth-order valence-electron chi connectivity index (χ4n) is 2.48. The van der Waals surface area contributed by atoms with Crippen LogP contribution in [0.5, 0.6) is 0 Å². The maximum atomic E-state index is 12.4. The first-order valence-electron chi connectivity index (χ1n) is 7.36. The number of hydrogen-bond acceptors (Lipinski definition) is 3. The molecule has 2 amide bonds. The molecular formula is C14H24N2O3. The average Bonchev–Trinajstić information content (AvgIpc) is 3.25. The third-order valence-corrected chi connectivity index (χ3v) is 3.96. The molecule has 2 fully saturated rings. The van der Waals surface area contributed by atoms with Gasteiger partial charge < -0.3 is 15.0 Å². The van der Waals surface area contributed by atoms with E-state index < -0.39 is 5.41 Å². The van der Waals surface area contributed by atoms with E-state index in [-0.39, 0.29) is 11.8 Å². The van der Waals surface area contributed by atoms with Gasteiger partial charge in [-0.3, -0.25) is 9.59 Å². The van der Waals surface area contributed by atoms with Crippen LogP contribution in [0.2, 0.25) is 0 Å². The molecule has 1 N–H and O–H groups in total. The van der Waals surface area contributed by atoms with Gasteiger partial charge in [-0.2, -0.15) is 0 Å².